The number of anilines is 2. The van der Waals surface area contributed by atoms with Crippen LogP contribution in [0, 0.1) is 11.6 Å². The largest absolute Gasteiger partial charge is 0.461 e. The van der Waals surface area contributed by atoms with Gasteiger partial charge in [0, 0.05) is 43.4 Å². The zero-order chi connectivity index (χ0) is 29.8. The molecule has 2 fully saturated rings. The molecular formula is C33H34F2N8O. The molecule has 1 N–H and O–H groups in total. The maximum absolute atomic E-state index is 16.7. The highest BCUT2D eigenvalue weighted by molar-refractivity contribution is 5.99. The summed E-state index contributed by atoms with van der Waals surface area (Å²) in [6, 6.07) is 12.3. The van der Waals surface area contributed by atoms with Gasteiger partial charge >= 0.3 is 6.01 Å². The summed E-state index contributed by atoms with van der Waals surface area (Å²) in [5, 5.41) is 9.26. The highest BCUT2D eigenvalue weighted by Crippen LogP contribution is 2.40. The standard InChI is InChI=1S/C33H34F2N8O/c1-36-26-17-22-19-41(13-6-16-43(22)40-26)31-24-18-37-29(23-9-2-7-21-8-3-10-25(34)27(21)23)28(35)30(24)38-32(39-31)44-20-33-11-4-14-42(33)15-5-12-33/h2-3,7-10,17-18H,4-6,11-16,19-20H2,1H3,(H,36,40). The molecule has 2 saturated heterocycles. The first kappa shape index (κ1) is 27.2. The van der Waals surface area contributed by atoms with Gasteiger partial charge in [-0.2, -0.15) is 15.1 Å². The lowest BCUT2D eigenvalue weighted by Gasteiger charge is -2.31. The van der Waals surface area contributed by atoms with Crippen LogP contribution in [0.5, 0.6) is 6.01 Å². The second-order valence-electron chi connectivity index (χ2n) is 12.1. The van der Waals surface area contributed by atoms with E-state index in [9.17, 15) is 0 Å². The molecule has 0 saturated carbocycles. The summed E-state index contributed by atoms with van der Waals surface area (Å²) in [4.78, 5) is 18.8. The van der Waals surface area contributed by atoms with Crippen molar-refractivity contribution in [1.82, 2.24) is 29.6 Å². The van der Waals surface area contributed by atoms with E-state index in [-0.39, 0.29) is 22.8 Å². The van der Waals surface area contributed by atoms with Crippen LogP contribution in [0.15, 0.2) is 48.7 Å². The Morgan fingerprint density at radius 2 is 1.80 bits per heavy atom. The van der Waals surface area contributed by atoms with Gasteiger partial charge in [-0.15, -0.1) is 0 Å². The van der Waals surface area contributed by atoms with Crippen molar-refractivity contribution in [3.63, 3.8) is 0 Å². The van der Waals surface area contributed by atoms with Crippen LogP contribution in [0.25, 0.3) is 32.9 Å². The van der Waals surface area contributed by atoms with Gasteiger partial charge in [0.15, 0.2) is 5.82 Å². The maximum atomic E-state index is 16.7. The van der Waals surface area contributed by atoms with Crippen molar-refractivity contribution < 1.29 is 13.5 Å². The molecule has 3 aliphatic rings. The third-order valence-electron chi connectivity index (χ3n) is 9.60. The van der Waals surface area contributed by atoms with Crippen LogP contribution in [0.1, 0.15) is 37.8 Å². The van der Waals surface area contributed by atoms with Gasteiger partial charge in [0.2, 0.25) is 0 Å². The molecule has 0 unspecified atom stereocenters. The SMILES string of the molecule is CNc1cc2n(n1)CCCN(c1nc(OCC34CCCN3CCC4)nc3c(F)c(-c4cccc5cccc(F)c45)ncc13)C2. The van der Waals surface area contributed by atoms with Crippen molar-refractivity contribution in [2.75, 3.05) is 43.5 Å². The third kappa shape index (κ3) is 4.44. The number of ether oxygens (including phenoxy) is 1. The lowest BCUT2D eigenvalue weighted by Crippen LogP contribution is -2.43. The summed E-state index contributed by atoms with van der Waals surface area (Å²) < 4.78 is 40.1. The van der Waals surface area contributed by atoms with Crippen LogP contribution in [0.2, 0.25) is 0 Å². The van der Waals surface area contributed by atoms with E-state index in [1.165, 1.54) is 6.07 Å². The number of fused-ring (bicyclic) bond motifs is 4. The minimum atomic E-state index is -0.620. The number of nitrogens with one attached hydrogen (secondary N) is 1. The second-order valence-corrected chi connectivity index (χ2v) is 12.1. The Morgan fingerprint density at radius 3 is 2.61 bits per heavy atom. The highest BCUT2D eigenvalue weighted by Gasteiger charge is 2.45. The molecule has 2 aromatic carbocycles. The van der Waals surface area contributed by atoms with Crippen LogP contribution in [-0.4, -0.2) is 68.5 Å². The zero-order valence-corrected chi connectivity index (χ0v) is 24.7. The fraction of sp³-hybridized carbons (Fsp3) is 0.394. The molecule has 9 nitrogen and oxygen atoms in total. The molecule has 0 spiro atoms. The average molecular weight is 597 g/mol. The average Bonchev–Trinajstić information content (AvgIpc) is 3.70. The number of pyridine rings is 1. The van der Waals surface area contributed by atoms with Crippen molar-refractivity contribution >= 4 is 33.3 Å². The number of rotatable bonds is 6. The lowest BCUT2D eigenvalue weighted by atomic mass is 9.95. The van der Waals surface area contributed by atoms with E-state index < -0.39 is 11.6 Å². The van der Waals surface area contributed by atoms with Gasteiger partial charge < -0.3 is 15.0 Å². The summed E-state index contributed by atoms with van der Waals surface area (Å²) in [5.41, 5.74) is 1.56. The smallest absolute Gasteiger partial charge is 0.319 e. The molecule has 0 bridgehead atoms. The number of nitrogens with zero attached hydrogens (tertiary/aromatic N) is 7. The van der Waals surface area contributed by atoms with Gasteiger partial charge in [-0.1, -0.05) is 30.3 Å². The van der Waals surface area contributed by atoms with Crippen molar-refractivity contribution in [3.05, 3.63) is 66.0 Å². The molecule has 6 heterocycles. The number of aryl methyl sites for hydroxylation is 1. The molecule has 0 amide bonds. The monoisotopic (exact) mass is 596 g/mol. The van der Waals surface area contributed by atoms with E-state index in [2.05, 4.69) is 30.2 Å². The Bertz CT molecular complexity index is 1880. The fourth-order valence-electron chi connectivity index (χ4n) is 7.43. The first-order valence-electron chi connectivity index (χ1n) is 15.4. The van der Waals surface area contributed by atoms with Crippen LogP contribution >= 0.6 is 0 Å². The van der Waals surface area contributed by atoms with Crippen molar-refractivity contribution in [3.8, 4) is 17.3 Å². The number of aromatic nitrogens is 5. The van der Waals surface area contributed by atoms with Crippen molar-refractivity contribution in [1.29, 1.82) is 0 Å². The number of hydrogen-bond acceptors (Lipinski definition) is 8. The Hall–Kier alpha value is -4.38. The minimum absolute atomic E-state index is 0.0143. The molecule has 5 aromatic rings. The molecule has 226 valence electrons. The molecule has 3 aliphatic heterocycles. The van der Waals surface area contributed by atoms with E-state index in [0.717, 1.165) is 63.3 Å². The van der Waals surface area contributed by atoms with Crippen LogP contribution < -0.4 is 15.0 Å². The molecule has 44 heavy (non-hydrogen) atoms. The van der Waals surface area contributed by atoms with Crippen LogP contribution in [0.3, 0.4) is 0 Å². The van der Waals surface area contributed by atoms with Gasteiger partial charge in [0.05, 0.1) is 23.2 Å². The van der Waals surface area contributed by atoms with E-state index in [1.54, 1.807) is 24.4 Å². The van der Waals surface area contributed by atoms with Gasteiger partial charge in [-0.25, -0.2) is 8.78 Å². The molecule has 0 atom stereocenters. The zero-order valence-electron chi connectivity index (χ0n) is 24.7. The van der Waals surface area contributed by atoms with E-state index in [0.29, 0.717) is 47.2 Å². The minimum Gasteiger partial charge on any atom is -0.461 e. The molecule has 11 heteroatoms. The van der Waals surface area contributed by atoms with Crippen molar-refractivity contribution in [2.24, 2.45) is 0 Å². The quantitative estimate of drug-likeness (QED) is 0.264. The van der Waals surface area contributed by atoms with E-state index in [4.69, 9.17) is 9.72 Å². The highest BCUT2D eigenvalue weighted by atomic mass is 19.1. The Kier molecular flexibility index (Phi) is 6.58. The predicted octanol–water partition coefficient (Wildman–Crippen LogP) is 5.78. The number of hydrogen-bond donors (Lipinski definition) is 1. The molecule has 3 aromatic heterocycles. The summed E-state index contributed by atoms with van der Waals surface area (Å²) in [7, 11) is 1.85. The first-order valence-corrected chi connectivity index (χ1v) is 15.4. The molecule has 8 rings (SSSR count). The predicted molar refractivity (Wildman–Crippen MR) is 166 cm³/mol. The number of halogens is 2. The van der Waals surface area contributed by atoms with Crippen LogP contribution in [0.4, 0.5) is 20.4 Å². The van der Waals surface area contributed by atoms with Crippen molar-refractivity contribution in [2.45, 2.75) is 50.7 Å². The Balaban J connectivity index is 1.26. The first-order chi connectivity index (χ1) is 21.5. The fourth-order valence-corrected chi connectivity index (χ4v) is 7.43. The summed E-state index contributed by atoms with van der Waals surface area (Å²) >= 11 is 0. The summed E-state index contributed by atoms with van der Waals surface area (Å²) in [6.07, 6.45) is 6.89. The van der Waals surface area contributed by atoms with E-state index >= 15 is 8.78 Å². The van der Waals surface area contributed by atoms with Gasteiger partial charge in [-0.3, -0.25) is 14.6 Å². The number of benzene rings is 2. The van der Waals surface area contributed by atoms with Gasteiger partial charge in [-0.05, 0) is 56.6 Å². The van der Waals surface area contributed by atoms with Gasteiger partial charge in [0.1, 0.15) is 35.3 Å². The maximum Gasteiger partial charge on any atom is 0.319 e. The molecule has 0 aliphatic carbocycles. The van der Waals surface area contributed by atoms with E-state index in [1.807, 2.05) is 29.9 Å². The summed E-state index contributed by atoms with van der Waals surface area (Å²) in [5.74, 6) is 0.325. The van der Waals surface area contributed by atoms with Crippen LogP contribution in [-0.2, 0) is 13.1 Å². The molecule has 0 radical (unpaired) electrons. The third-order valence-corrected chi connectivity index (χ3v) is 9.60. The summed E-state index contributed by atoms with van der Waals surface area (Å²) in [6.45, 7) is 4.62. The Labute approximate surface area is 253 Å². The second kappa shape index (κ2) is 10.7. The molecular weight excluding hydrogens is 562 g/mol. The van der Waals surface area contributed by atoms with Gasteiger partial charge in [0.25, 0.3) is 0 Å². The topological polar surface area (TPSA) is 84.2 Å². The normalized spacial score (nSPS) is 18.0. The Morgan fingerprint density at radius 1 is 0.977 bits per heavy atom. The lowest BCUT2D eigenvalue weighted by molar-refractivity contribution is 0.108.